The molecule has 2 unspecified atom stereocenters. The largest absolute Gasteiger partial charge is 0.497 e. The first-order chi connectivity index (χ1) is 40.2. The van der Waals surface area contributed by atoms with E-state index in [4.69, 9.17) is 18.9 Å². The topological polar surface area (TPSA) is 203 Å². The molecular weight excluding hydrogens is 1070 g/mol. The number of nitrogens with zero attached hydrogens (tertiary/aromatic N) is 4. The Balaban J connectivity index is 1.07. The van der Waals surface area contributed by atoms with Crippen molar-refractivity contribution in [2.75, 3.05) is 74.5 Å². The predicted molar refractivity (Wildman–Crippen MR) is 323 cm³/mol. The number of aliphatic hydroxyl groups excluding tert-OH is 3. The van der Waals surface area contributed by atoms with Gasteiger partial charge in [-0.2, -0.15) is 0 Å². The highest BCUT2D eigenvalue weighted by molar-refractivity contribution is 6.91. The van der Waals surface area contributed by atoms with E-state index in [1.54, 1.807) is 26.7 Å². The molecule has 5 aliphatic heterocycles. The monoisotopic (exact) mass is 1150 g/mol. The molecule has 4 amide bonds. The maximum atomic E-state index is 16.3. The van der Waals surface area contributed by atoms with Gasteiger partial charge in [-0.15, -0.1) is 0 Å². The molecule has 442 valence electrons. The molecule has 17 nitrogen and oxygen atoms in total. The number of rotatable bonds is 24. The van der Waals surface area contributed by atoms with Crippen LogP contribution in [0.25, 0.3) is 0 Å². The summed E-state index contributed by atoms with van der Waals surface area (Å²) in [6.45, 7) is 13.3. The van der Waals surface area contributed by atoms with E-state index in [1.165, 1.54) is 0 Å². The number of carbonyl (C=O) groups excluding carboxylic acids is 4. The Morgan fingerprint density at radius 3 is 1.82 bits per heavy atom. The number of likely N-dealkylation sites (tertiary alicyclic amines) is 1. The molecule has 5 aliphatic rings. The summed E-state index contributed by atoms with van der Waals surface area (Å²) in [6, 6.07) is 31.8. The summed E-state index contributed by atoms with van der Waals surface area (Å²) >= 11 is 0. The van der Waals surface area contributed by atoms with Crippen LogP contribution in [0.2, 0.25) is 18.6 Å². The van der Waals surface area contributed by atoms with Crippen molar-refractivity contribution in [1.29, 1.82) is 0 Å². The Labute approximate surface area is 488 Å². The standard InChI is InChI=1S/C65H82N6O11Si/c1-7-80-50-22-27-56-44(34-50)36-54(66-29-9-11-32-72)62(76)70(56)46-17-15-43(16-18-46)40-69-58-26-19-47(71-57-28-23-51(81-8-2)35-45(57)37-55(63(71)77)67-30-10-12-33-73)38-53(58)65(64(69)78)42(3)61(83(5,6)52-24-20-49(79-4)21-25-52)59(82-65)39-60(75)68-31-13-14-48(68)41-74/h15-28,34-35,38,42,48,54-55,59,61,66-67,72-74H,7-14,29-33,36-37,39-41H2,1-6H3/t42-,48-,54?,55?,59+,61-,65+/m0/s1. The van der Waals surface area contributed by atoms with Crippen LogP contribution in [-0.4, -0.2) is 136 Å². The summed E-state index contributed by atoms with van der Waals surface area (Å²) in [4.78, 5) is 67.7. The van der Waals surface area contributed by atoms with Crippen LogP contribution in [0.3, 0.4) is 0 Å². The SMILES string of the molecule is CCOc1ccc2c(c1)CC(NCCCCO)C(=O)N2c1ccc(CN2C(=O)[C@]3(O[C@H](CC(=O)N4CCC[C@H]4CO)[C@@H]([Si](C)(C)c4ccc(OC)cc4)[C@@H]3C)c3cc(N4C(=O)C(NCCCCO)Cc5cc(OCC)ccc54)ccc32)cc1. The van der Waals surface area contributed by atoms with Crippen LogP contribution < -0.4 is 44.7 Å². The number of benzene rings is 5. The van der Waals surface area contributed by atoms with Crippen molar-refractivity contribution in [1.82, 2.24) is 15.5 Å². The van der Waals surface area contributed by atoms with Crippen molar-refractivity contribution in [3.63, 3.8) is 0 Å². The minimum absolute atomic E-state index is 0.0116. The summed E-state index contributed by atoms with van der Waals surface area (Å²) in [5.74, 6) is 1.01. The first-order valence-electron chi connectivity index (χ1n) is 29.9. The van der Waals surface area contributed by atoms with Crippen molar-refractivity contribution >= 4 is 65.3 Å². The molecule has 0 bridgehead atoms. The fourth-order valence-corrected chi connectivity index (χ4v) is 17.8. The molecule has 1 spiro atoms. The summed E-state index contributed by atoms with van der Waals surface area (Å²) < 4.78 is 25.0. The maximum Gasteiger partial charge on any atom is 0.264 e. The van der Waals surface area contributed by atoms with Gasteiger partial charge in [0, 0.05) is 42.6 Å². The number of anilines is 5. The highest BCUT2D eigenvalue weighted by atomic mass is 28.3. The third-order valence-electron chi connectivity index (χ3n) is 17.9. The van der Waals surface area contributed by atoms with E-state index >= 15 is 9.59 Å². The van der Waals surface area contributed by atoms with E-state index in [9.17, 15) is 24.9 Å². The van der Waals surface area contributed by atoms with E-state index in [-0.39, 0.29) is 68.0 Å². The van der Waals surface area contributed by atoms with Crippen LogP contribution in [0.15, 0.2) is 103 Å². The van der Waals surface area contributed by atoms with Gasteiger partial charge < -0.3 is 54.7 Å². The molecule has 0 saturated carbocycles. The van der Waals surface area contributed by atoms with Crippen LogP contribution >= 0.6 is 0 Å². The van der Waals surface area contributed by atoms with Gasteiger partial charge in [-0.3, -0.25) is 29.0 Å². The fourth-order valence-electron chi connectivity index (χ4n) is 13.8. The molecule has 5 N–H and O–H groups in total. The number of nitrogens with one attached hydrogen (secondary N) is 2. The zero-order valence-electron chi connectivity index (χ0n) is 48.9. The number of unbranched alkanes of at least 4 members (excludes halogenated alkanes) is 2. The van der Waals surface area contributed by atoms with Gasteiger partial charge in [-0.25, -0.2) is 0 Å². The molecule has 5 aromatic carbocycles. The van der Waals surface area contributed by atoms with Crippen LogP contribution in [0.5, 0.6) is 17.2 Å². The van der Waals surface area contributed by atoms with E-state index in [2.05, 4.69) is 42.8 Å². The van der Waals surface area contributed by atoms with Gasteiger partial charge in [-0.05, 0) is 179 Å². The third-order valence-corrected chi connectivity index (χ3v) is 22.3. The van der Waals surface area contributed by atoms with Crippen LogP contribution in [-0.2, 0) is 48.9 Å². The lowest BCUT2D eigenvalue weighted by Crippen LogP contribution is -2.52. The number of ether oxygens (including phenoxy) is 4. The zero-order chi connectivity index (χ0) is 58.6. The molecule has 0 radical (unpaired) electrons. The van der Waals surface area contributed by atoms with Crippen molar-refractivity contribution in [3.8, 4) is 17.2 Å². The lowest BCUT2D eigenvalue weighted by Gasteiger charge is -2.37. The number of aliphatic hydroxyl groups is 3. The van der Waals surface area contributed by atoms with Gasteiger partial charge in [0.15, 0.2) is 5.60 Å². The predicted octanol–water partition coefficient (Wildman–Crippen LogP) is 7.53. The number of amides is 4. The van der Waals surface area contributed by atoms with Gasteiger partial charge in [0.05, 0.1) is 89.3 Å². The number of fused-ring (bicyclic) bond motifs is 4. The van der Waals surface area contributed by atoms with Crippen molar-refractivity contribution in [2.45, 2.75) is 134 Å². The van der Waals surface area contributed by atoms with E-state index in [0.717, 1.165) is 51.9 Å². The molecule has 2 fully saturated rings. The molecule has 5 heterocycles. The van der Waals surface area contributed by atoms with Crippen LogP contribution in [0.1, 0.15) is 88.0 Å². The van der Waals surface area contributed by atoms with E-state index in [1.807, 2.05) is 105 Å². The highest BCUT2D eigenvalue weighted by Gasteiger charge is 2.67. The number of hydrogen-bond acceptors (Lipinski definition) is 13. The molecule has 5 aromatic rings. The first-order valence-corrected chi connectivity index (χ1v) is 32.9. The third kappa shape index (κ3) is 11.6. The second-order valence-corrected chi connectivity index (χ2v) is 28.0. The first kappa shape index (κ1) is 59.5. The summed E-state index contributed by atoms with van der Waals surface area (Å²) in [5.41, 5.74) is 4.72. The number of carbonyl (C=O) groups is 4. The Morgan fingerprint density at radius 2 is 1.27 bits per heavy atom. The van der Waals surface area contributed by atoms with Crippen LogP contribution in [0.4, 0.5) is 28.4 Å². The Hall–Kier alpha value is -6.64. The van der Waals surface area contributed by atoms with Gasteiger partial charge >= 0.3 is 0 Å². The lowest BCUT2D eigenvalue weighted by molar-refractivity contribution is -0.150. The number of methoxy groups -OCH3 is 1. The molecule has 83 heavy (non-hydrogen) atoms. The second-order valence-electron chi connectivity index (χ2n) is 23.3. The average molecular weight is 1150 g/mol. The molecule has 2 saturated heterocycles. The van der Waals surface area contributed by atoms with Gasteiger partial charge in [0.2, 0.25) is 17.7 Å². The van der Waals surface area contributed by atoms with Gasteiger partial charge in [0.1, 0.15) is 17.2 Å². The highest BCUT2D eigenvalue weighted by Crippen LogP contribution is 2.61. The van der Waals surface area contributed by atoms with Crippen molar-refractivity contribution < 1.29 is 53.4 Å². The normalized spacial score (nSPS) is 23.0. The number of hydrogen-bond donors (Lipinski definition) is 5. The minimum atomic E-state index is -2.73. The summed E-state index contributed by atoms with van der Waals surface area (Å²) in [7, 11) is -1.09. The molecule has 18 heteroatoms. The van der Waals surface area contributed by atoms with Crippen molar-refractivity contribution in [3.05, 3.63) is 125 Å². The van der Waals surface area contributed by atoms with E-state index in [0.29, 0.717) is 105 Å². The summed E-state index contributed by atoms with van der Waals surface area (Å²) in [5, 5.41) is 37.5. The van der Waals surface area contributed by atoms with Crippen LogP contribution in [0, 0.1) is 5.92 Å². The smallest absolute Gasteiger partial charge is 0.264 e. The molecule has 0 aromatic heterocycles. The maximum absolute atomic E-state index is 16.3. The van der Waals surface area contributed by atoms with E-state index < -0.39 is 37.8 Å². The Bertz CT molecular complexity index is 3140. The fraction of sp³-hybridized carbons (Fsp3) is 0.477. The van der Waals surface area contributed by atoms with Gasteiger partial charge in [-0.1, -0.05) is 49.5 Å². The molecular formula is C65H82N6O11Si. The summed E-state index contributed by atoms with van der Waals surface area (Å²) in [6.07, 6.45) is 4.35. The average Bonchev–Trinajstić information content (AvgIpc) is 1.67. The molecule has 10 rings (SSSR count). The Morgan fingerprint density at radius 1 is 0.711 bits per heavy atom. The minimum Gasteiger partial charge on any atom is -0.497 e. The molecule has 7 atom stereocenters. The lowest BCUT2D eigenvalue weighted by atomic mass is 9.82. The van der Waals surface area contributed by atoms with Crippen molar-refractivity contribution in [2.24, 2.45) is 5.92 Å². The zero-order valence-corrected chi connectivity index (χ0v) is 49.9. The molecule has 0 aliphatic carbocycles. The Kier molecular flexibility index (Phi) is 18.4. The second kappa shape index (κ2) is 25.7. The van der Waals surface area contributed by atoms with Gasteiger partial charge in [0.25, 0.3) is 5.91 Å². The quantitative estimate of drug-likeness (QED) is 0.0300.